The number of nitro groups is 1. The van der Waals surface area contributed by atoms with Gasteiger partial charge in [-0.1, -0.05) is 11.6 Å². The highest BCUT2D eigenvalue weighted by atomic mass is 79.9. The Bertz CT molecular complexity index is 380. The van der Waals surface area contributed by atoms with Gasteiger partial charge in [0.05, 0.1) is 14.4 Å². The Labute approximate surface area is 86.8 Å². The summed E-state index contributed by atoms with van der Waals surface area (Å²) >= 11 is 8.59. The lowest BCUT2D eigenvalue weighted by Gasteiger charge is -1.98. The third-order valence-corrected chi connectivity index (χ3v) is 2.35. The molecule has 6 heteroatoms. The van der Waals surface area contributed by atoms with Gasteiger partial charge in [0.25, 0.3) is 5.69 Å². The molecule has 0 aliphatic rings. The Morgan fingerprint density at radius 3 is 2.62 bits per heavy atom. The molecule has 0 aliphatic heterocycles. The number of benzene rings is 1. The first-order valence-electron chi connectivity index (χ1n) is 3.15. The smallest absolute Gasteiger partial charge is 0.284 e. The molecule has 1 rings (SSSR count). The number of hydrogen-bond donors (Lipinski definition) is 0. The van der Waals surface area contributed by atoms with E-state index in [1.807, 2.05) is 0 Å². The maximum Gasteiger partial charge on any atom is 0.284 e. The highest BCUT2D eigenvalue weighted by Crippen LogP contribution is 2.30. The molecule has 0 radical (unpaired) electrons. The van der Waals surface area contributed by atoms with Gasteiger partial charge in [-0.2, -0.15) is 0 Å². The van der Waals surface area contributed by atoms with E-state index in [2.05, 4.69) is 15.9 Å². The van der Waals surface area contributed by atoms with E-state index in [0.717, 1.165) is 6.07 Å². The van der Waals surface area contributed by atoms with Gasteiger partial charge in [0.15, 0.2) is 6.29 Å². The standard InChI is InChI=1S/C7H3BrClNO3/c8-5-2-6(9)4(3-11)1-7(5)10(12)13/h1-3H. The molecule has 0 spiro atoms. The fourth-order valence-corrected chi connectivity index (χ4v) is 1.61. The van der Waals surface area contributed by atoms with Crippen LogP contribution in [0, 0.1) is 10.1 Å². The molecule has 0 amide bonds. The number of hydrogen-bond acceptors (Lipinski definition) is 3. The van der Waals surface area contributed by atoms with Crippen LogP contribution in [0.25, 0.3) is 0 Å². The van der Waals surface area contributed by atoms with Crippen LogP contribution in [0.4, 0.5) is 5.69 Å². The minimum atomic E-state index is -0.590. The Morgan fingerprint density at radius 1 is 1.54 bits per heavy atom. The van der Waals surface area contributed by atoms with Gasteiger partial charge in [-0.05, 0) is 22.0 Å². The van der Waals surface area contributed by atoms with Crippen molar-refractivity contribution in [1.29, 1.82) is 0 Å². The van der Waals surface area contributed by atoms with Gasteiger partial charge in [0.2, 0.25) is 0 Å². The molecule has 68 valence electrons. The molecule has 0 aromatic heterocycles. The molecule has 1 aromatic carbocycles. The third kappa shape index (κ3) is 2.05. The minimum absolute atomic E-state index is 0.108. The highest BCUT2D eigenvalue weighted by Gasteiger charge is 2.14. The second kappa shape index (κ2) is 3.85. The van der Waals surface area contributed by atoms with Crippen molar-refractivity contribution >= 4 is 39.5 Å². The van der Waals surface area contributed by atoms with Gasteiger partial charge in [-0.25, -0.2) is 0 Å². The molecule has 0 bridgehead atoms. The first-order valence-corrected chi connectivity index (χ1v) is 4.32. The summed E-state index contributed by atoms with van der Waals surface area (Å²) < 4.78 is 0.258. The van der Waals surface area contributed by atoms with Gasteiger partial charge in [0, 0.05) is 11.6 Å². The van der Waals surface area contributed by atoms with Crippen molar-refractivity contribution in [1.82, 2.24) is 0 Å². The monoisotopic (exact) mass is 263 g/mol. The predicted molar refractivity (Wildman–Crippen MR) is 51.2 cm³/mol. The van der Waals surface area contributed by atoms with E-state index in [4.69, 9.17) is 11.6 Å². The zero-order valence-electron chi connectivity index (χ0n) is 6.16. The zero-order valence-corrected chi connectivity index (χ0v) is 8.50. The molecular formula is C7H3BrClNO3. The Kier molecular flexibility index (Phi) is 3.00. The van der Waals surface area contributed by atoms with Crippen LogP contribution in [-0.2, 0) is 0 Å². The molecule has 0 unspecified atom stereocenters. The van der Waals surface area contributed by atoms with Crippen molar-refractivity contribution < 1.29 is 9.72 Å². The minimum Gasteiger partial charge on any atom is -0.298 e. The SMILES string of the molecule is O=Cc1cc([N+](=O)[O-])c(Br)cc1Cl. The fraction of sp³-hybridized carbons (Fsp3) is 0. The summed E-state index contributed by atoms with van der Waals surface area (Å²) in [5.41, 5.74) is -0.0666. The molecule has 0 saturated carbocycles. The molecule has 0 N–H and O–H groups in total. The van der Waals surface area contributed by atoms with Crippen molar-refractivity contribution in [2.75, 3.05) is 0 Å². The quantitative estimate of drug-likeness (QED) is 0.469. The number of halogens is 2. The van der Waals surface area contributed by atoms with Crippen LogP contribution < -0.4 is 0 Å². The van der Waals surface area contributed by atoms with Crippen LogP contribution >= 0.6 is 27.5 Å². The summed E-state index contributed by atoms with van der Waals surface area (Å²) in [7, 11) is 0. The van der Waals surface area contributed by atoms with Crippen LogP contribution in [-0.4, -0.2) is 11.2 Å². The van der Waals surface area contributed by atoms with Crippen molar-refractivity contribution in [3.63, 3.8) is 0 Å². The highest BCUT2D eigenvalue weighted by molar-refractivity contribution is 9.10. The van der Waals surface area contributed by atoms with Gasteiger partial charge in [-0.3, -0.25) is 14.9 Å². The van der Waals surface area contributed by atoms with Gasteiger partial charge in [0.1, 0.15) is 0 Å². The van der Waals surface area contributed by atoms with Crippen LogP contribution in [0.5, 0.6) is 0 Å². The lowest BCUT2D eigenvalue weighted by Crippen LogP contribution is -1.92. The van der Waals surface area contributed by atoms with E-state index >= 15 is 0 Å². The number of rotatable bonds is 2. The number of carbonyl (C=O) groups is 1. The summed E-state index contributed by atoms with van der Waals surface area (Å²) in [6.07, 6.45) is 0.474. The van der Waals surface area contributed by atoms with Gasteiger partial charge < -0.3 is 0 Å². The van der Waals surface area contributed by atoms with Gasteiger partial charge in [-0.15, -0.1) is 0 Å². The molecule has 0 heterocycles. The van der Waals surface area contributed by atoms with E-state index in [1.165, 1.54) is 6.07 Å². The molecule has 0 saturated heterocycles. The number of aldehydes is 1. The van der Waals surface area contributed by atoms with Crippen molar-refractivity contribution in [3.8, 4) is 0 Å². The largest absolute Gasteiger partial charge is 0.298 e. The zero-order chi connectivity index (χ0) is 10.0. The lowest BCUT2D eigenvalue weighted by molar-refractivity contribution is -0.385. The Balaban J connectivity index is 3.38. The first kappa shape index (κ1) is 10.1. The molecule has 0 fully saturated rings. The van der Waals surface area contributed by atoms with E-state index in [-0.39, 0.29) is 20.7 Å². The molecule has 13 heavy (non-hydrogen) atoms. The van der Waals surface area contributed by atoms with E-state index in [9.17, 15) is 14.9 Å². The summed E-state index contributed by atoms with van der Waals surface area (Å²) in [5, 5.41) is 10.6. The summed E-state index contributed by atoms with van der Waals surface area (Å²) in [6, 6.07) is 2.45. The number of nitrogens with zero attached hydrogens (tertiary/aromatic N) is 1. The molecule has 1 aromatic rings. The van der Waals surface area contributed by atoms with Crippen LogP contribution in [0.1, 0.15) is 10.4 Å². The third-order valence-electron chi connectivity index (χ3n) is 1.39. The average molecular weight is 264 g/mol. The van der Waals surface area contributed by atoms with E-state index < -0.39 is 4.92 Å². The van der Waals surface area contributed by atoms with Crippen molar-refractivity contribution in [2.24, 2.45) is 0 Å². The lowest BCUT2D eigenvalue weighted by atomic mass is 10.2. The average Bonchev–Trinajstić information content (AvgIpc) is 2.03. The second-order valence-corrected chi connectivity index (χ2v) is 3.46. The summed E-state index contributed by atoms with van der Waals surface area (Å²) in [5.74, 6) is 0. The van der Waals surface area contributed by atoms with E-state index in [1.54, 1.807) is 0 Å². The normalized spacial score (nSPS) is 9.69. The van der Waals surface area contributed by atoms with Crippen LogP contribution in [0.2, 0.25) is 5.02 Å². The second-order valence-electron chi connectivity index (χ2n) is 2.20. The Morgan fingerprint density at radius 2 is 2.15 bits per heavy atom. The van der Waals surface area contributed by atoms with Crippen LogP contribution in [0.15, 0.2) is 16.6 Å². The predicted octanol–water partition coefficient (Wildman–Crippen LogP) is 2.82. The maximum atomic E-state index is 10.4. The summed E-state index contributed by atoms with van der Waals surface area (Å²) in [6.45, 7) is 0. The molecule has 0 aliphatic carbocycles. The van der Waals surface area contributed by atoms with E-state index in [0.29, 0.717) is 6.29 Å². The molecule has 0 atom stereocenters. The molecular weight excluding hydrogens is 261 g/mol. The summed E-state index contributed by atoms with van der Waals surface area (Å²) in [4.78, 5) is 20.2. The number of nitro benzene ring substituents is 1. The first-order chi connectivity index (χ1) is 6.06. The Hall–Kier alpha value is -0.940. The van der Waals surface area contributed by atoms with Gasteiger partial charge >= 0.3 is 0 Å². The fourth-order valence-electron chi connectivity index (χ4n) is 0.784. The maximum absolute atomic E-state index is 10.4. The topological polar surface area (TPSA) is 60.2 Å². The van der Waals surface area contributed by atoms with Crippen molar-refractivity contribution in [2.45, 2.75) is 0 Å². The number of carbonyl (C=O) groups excluding carboxylic acids is 1. The van der Waals surface area contributed by atoms with Crippen molar-refractivity contribution in [3.05, 3.63) is 37.3 Å². The molecule has 4 nitrogen and oxygen atoms in total. The van der Waals surface area contributed by atoms with Crippen LogP contribution in [0.3, 0.4) is 0 Å².